The van der Waals surface area contributed by atoms with E-state index in [0.717, 1.165) is 16.8 Å². The number of nitrogens with zero attached hydrogens (tertiary/aromatic N) is 2. The van der Waals surface area contributed by atoms with Crippen molar-refractivity contribution in [3.8, 4) is 11.1 Å². The van der Waals surface area contributed by atoms with Crippen LogP contribution in [0.3, 0.4) is 0 Å². The Hall–Kier alpha value is -5.27. The van der Waals surface area contributed by atoms with Gasteiger partial charge in [-0.25, -0.2) is 18.0 Å². The highest BCUT2D eigenvalue weighted by atomic mass is 32.2. The minimum Gasteiger partial charge on any atom is -0.480 e. The molecule has 228 valence electrons. The molecular formula is C31H32N6O6S. The fraction of sp³-hybridized carbons (Fsp3) is 0.161. The lowest BCUT2D eigenvalue weighted by Gasteiger charge is -2.16. The zero-order valence-corrected chi connectivity index (χ0v) is 24.8. The number of sulfonamides is 1. The summed E-state index contributed by atoms with van der Waals surface area (Å²) in [7, 11) is -1.03. The molecule has 4 amide bonds. The Morgan fingerprint density at radius 1 is 0.841 bits per heavy atom. The summed E-state index contributed by atoms with van der Waals surface area (Å²) in [5, 5.41) is 17.9. The van der Waals surface area contributed by atoms with E-state index >= 15 is 0 Å². The second-order valence-electron chi connectivity index (χ2n) is 9.97. The monoisotopic (exact) mass is 616 g/mol. The summed E-state index contributed by atoms with van der Waals surface area (Å²) >= 11 is 0. The van der Waals surface area contributed by atoms with Gasteiger partial charge in [-0.3, -0.25) is 9.78 Å². The van der Waals surface area contributed by atoms with E-state index in [-0.39, 0.29) is 29.9 Å². The van der Waals surface area contributed by atoms with E-state index in [4.69, 9.17) is 0 Å². The number of amides is 4. The van der Waals surface area contributed by atoms with E-state index in [1.165, 1.54) is 29.2 Å². The molecule has 0 saturated heterocycles. The molecule has 4 aromatic rings. The van der Waals surface area contributed by atoms with Crippen molar-refractivity contribution in [1.29, 1.82) is 0 Å². The molecule has 0 radical (unpaired) electrons. The molecule has 0 saturated carbocycles. The van der Waals surface area contributed by atoms with Crippen LogP contribution in [0.1, 0.15) is 11.3 Å². The van der Waals surface area contributed by atoms with Crippen LogP contribution in [-0.4, -0.2) is 61.6 Å². The number of carboxylic acids is 1. The second kappa shape index (κ2) is 14.3. The van der Waals surface area contributed by atoms with Crippen molar-refractivity contribution in [2.75, 3.05) is 24.7 Å². The maximum atomic E-state index is 12.9. The average Bonchev–Trinajstić information content (AvgIpc) is 3.01. The molecule has 5 N–H and O–H groups in total. The Morgan fingerprint density at radius 2 is 1.57 bits per heavy atom. The smallest absolute Gasteiger partial charge is 0.322 e. The molecular weight excluding hydrogens is 584 g/mol. The molecule has 0 unspecified atom stereocenters. The van der Waals surface area contributed by atoms with Gasteiger partial charge < -0.3 is 26.0 Å². The SMILES string of the molecule is CN(C)C(=O)Nc1ccc(S(=O)(=O)N[C@@H](Cc2ccc(-c3cccc(NC(=O)NCc4ccccn4)c3)cc2)C(=O)O)cc1. The summed E-state index contributed by atoms with van der Waals surface area (Å²) in [6, 6.07) is 23.0. The van der Waals surface area contributed by atoms with Crippen LogP contribution < -0.4 is 20.7 Å². The lowest BCUT2D eigenvalue weighted by molar-refractivity contribution is -0.138. The summed E-state index contributed by atoms with van der Waals surface area (Å²) in [4.78, 5) is 41.5. The number of carbonyl (C=O) groups is 3. The highest BCUT2D eigenvalue weighted by Crippen LogP contribution is 2.24. The van der Waals surface area contributed by atoms with Crippen molar-refractivity contribution in [2.24, 2.45) is 0 Å². The van der Waals surface area contributed by atoms with E-state index in [1.807, 2.05) is 18.2 Å². The summed E-state index contributed by atoms with van der Waals surface area (Å²) < 4.78 is 28.1. The number of hydrogen-bond acceptors (Lipinski definition) is 6. The minimum absolute atomic E-state index is 0.0934. The first-order valence-electron chi connectivity index (χ1n) is 13.5. The molecule has 1 atom stereocenters. The fourth-order valence-electron chi connectivity index (χ4n) is 4.08. The molecule has 44 heavy (non-hydrogen) atoms. The van der Waals surface area contributed by atoms with Crippen LogP contribution in [0.25, 0.3) is 11.1 Å². The topological polar surface area (TPSA) is 170 Å². The highest BCUT2D eigenvalue weighted by molar-refractivity contribution is 7.89. The molecule has 0 fully saturated rings. The third-order valence-corrected chi connectivity index (χ3v) is 7.91. The number of anilines is 2. The van der Waals surface area contributed by atoms with Gasteiger partial charge in [0.05, 0.1) is 17.1 Å². The Morgan fingerprint density at radius 3 is 2.20 bits per heavy atom. The highest BCUT2D eigenvalue weighted by Gasteiger charge is 2.26. The van der Waals surface area contributed by atoms with Gasteiger partial charge in [-0.15, -0.1) is 0 Å². The normalized spacial score (nSPS) is 11.7. The number of urea groups is 2. The third-order valence-electron chi connectivity index (χ3n) is 6.42. The van der Waals surface area contributed by atoms with Crippen molar-refractivity contribution in [3.05, 3.63) is 108 Å². The van der Waals surface area contributed by atoms with Gasteiger partial charge in [0.2, 0.25) is 10.0 Å². The zero-order valence-electron chi connectivity index (χ0n) is 24.0. The second-order valence-corrected chi connectivity index (χ2v) is 11.7. The Labute approximate surface area is 255 Å². The number of benzene rings is 3. The largest absolute Gasteiger partial charge is 0.480 e. The van der Waals surface area contributed by atoms with E-state index in [2.05, 4.69) is 25.7 Å². The van der Waals surface area contributed by atoms with Crippen LogP contribution in [0.15, 0.2) is 102 Å². The zero-order chi connectivity index (χ0) is 31.7. The van der Waals surface area contributed by atoms with Crippen molar-refractivity contribution in [3.63, 3.8) is 0 Å². The number of pyridine rings is 1. The first kappa shape index (κ1) is 31.7. The number of nitrogens with one attached hydrogen (secondary N) is 4. The van der Waals surface area contributed by atoms with Crippen LogP contribution in [-0.2, 0) is 27.8 Å². The Balaban J connectivity index is 1.38. The Kier molecular flexibility index (Phi) is 10.3. The molecule has 0 aliphatic rings. The molecule has 13 heteroatoms. The lowest BCUT2D eigenvalue weighted by atomic mass is 10.0. The number of rotatable bonds is 11. The first-order chi connectivity index (χ1) is 21.0. The van der Waals surface area contributed by atoms with Gasteiger partial charge in [0.15, 0.2) is 0 Å². The summed E-state index contributed by atoms with van der Waals surface area (Å²) in [5.74, 6) is -1.33. The van der Waals surface area contributed by atoms with Gasteiger partial charge in [-0.05, 0) is 71.6 Å². The van der Waals surface area contributed by atoms with Crippen LogP contribution in [0.2, 0.25) is 0 Å². The van der Waals surface area contributed by atoms with Gasteiger partial charge in [-0.2, -0.15) is 4.72 Å². The molecule has 12 nitrogen and oxygen atoms in total. The van der Waals surface area contributed by atoms with Crippen LogP contribution in [0.4, 0.5) is 21.0 Å². The summed E-state index contributed by atoms with van der Waals surface area (Å²) in [5.41, 5.74) is 3.95. The number of hydrogen-bond donors (Lipinski definition) is 5. The predicted octanol–water partition coefficient (Wildman–Crippen LogP) is 4.14. The molecule has 0 spiro atoms. The van der Waals surface area contributed by atoms with E-state index in [9.17, 15) is 27.9 Å². The predicted molar refractivity (Wildman–Crippen MR) is 167 cm³/mol. The van der Waals surface area contributed by atoms with Gasteiger partial charge in [0, 0.05) is 31.7 Å². The van der Waals surface area contributed by atoms with E-state index < -0.39 is 22.0 Å². The first-order valence-corrected chi connectivity index (χ1v) is 15.0. The number of carboxylic acid groups (broad SMARTS) is 1. The van der Waals surface area contributed by atoms with Crippen LogP contribution >= 0.6 is 0 Å². The van der Waals surface area contributed by atoms with Gasteiger partial charge in [0.25, 0.3) is 0 Å². The van der Waals surface area contributed by atoms with Gasteiger partial charge >= 0.3 is 18.0 Å². The van der Waals surface area contributed by atoms with Crippen molar-refractivity contribution in [1.82, 2.24) is 19.9 Å². The number of carbonyl (C=O) groups excluding carboxylic acids is 2. The summed E-state index contributed by atoms with van der Waals surface area (Å²) in [6.45, 7) is 0.282. The van der Waals surface area contributed by atoms with E-state index in [0.29, 0.717) is 16.9 Å². The lowest BCUT2D eigenvalue weighted by Crippen LogP contribution is -2.42. The molecule has 1 heterocycles. The third kappa shape index (κ3) is 8.86. The summed E-state index contributed by atoms with van der Waals surface area (Å²) in [6.07, 6.45) is 1.56. The van der Waals surface area contributed by atoms with Crippen molar-refractivity contribution in [2.45, 2.75) is 23.9 Å². The van der Waals surface area contributed by atoms with Gasteiger partial charge in [0.1, 0.15) is 6.04 Å². The van der Waals surface area contributed by atoms with Crippen molar-refractivity contribution >= 4 is 39.4 Å². The average molecular weight is 617 g/mol. The molecule has 4 rings (SSSR count). The molecule has 0 aliphatic carbocycles. The van der Waals surface area contributed by atoms with Crippen LogP contribution in [0.5, 0.6) is 0 Å². The van der Waals surface area contributed by atoms with Gasteiger partial charge in [-0.1, -0.05) is 42.5 Å². The number of aliphatic carboxylic acids is 1. The Bertz CT molecular complexity index is 1710. The molecule has 1 aromatic heterocycles. The maximum Gasteiger partial charge on any atom is 0.322 e. The quantitative estimate of drug-likeness (QED) is 0.169. The minimum atomic E-state index is -4.17. The fourth-order valence-corrected chi connectivity index (χ4v) is 5.27. The molecule has 0 aliphatic heterocycles. The van der Waals surface area contributed by atoms with Crippen molar-refractivity contribution < 1.29 is 27.9 Å². The van der Waals surface area contributed by atoms with E-state index in [1.54, 1.807) is 68.8 Å². The number of aromatic nitrogens is 1. The standard InChI is InChI=1S/C31H32N6O6S/c1-37(2)31(41)35-24-13-15-27(16-14-24)44(42,43)36-28(29(38)39)18-21-9-11-22(12-10-21)23-6-5-8-25(19-23)34-30(40)33-20-26-7-3-4-17-32-26/h3-17,19,28,36H,18,20H2,1-2H3,(H,35,41)(H,38,39)(H2,33,34,40)/t28-/m0/s1. The molecule has 3 aromatic carbocycles. The maximum absolute atomic E-state index is 12.9. The molecule has 0 bridgehead atoms. The van der Waals surface area contributed by atoms with Crippen LogP contribution in [0, 0.1) is 0 Å².